The number of aromatic hydroxyl groups is 1. The van der Waals surface area contributed by atoms with Crippen molar-refractivity contribution < 1.29 is 29.7 Å². The predicted octanol–water partition coefficient (Wildman–Crippen LogP) is -1.28. The second kappa shape index (κ2) is 9.00. The Morgan fingerprint density at radius 3 is 2.12 bits per heavy atom. The van der Waals surface area contributed by atoms with E-state index in [0.717, 1.165) is 0 Å². The van der Waals surface area contributed by atoms with Crippen LogP contribution in [0.5, 0.6) is 5.75 Å². The van der Waals surface area contributed by atoms with Crippen LogP contribution >= 0.6 is 0 Å². The molecule has 0 spiro atoms. The van der Waals surface area contributed by atoms with Gasteiger partial charge in [0, 0.05) is 6.42 Å². The summed E-state index contributed by atoms with van der Waals surface area (Å²) in [6, 6.07) is 2.52. The smallest absolute Gasteiger partial charge is 0.325 e. The van der Waals surface area contributed by atoms with Crippen molar-refractivity contribution >= 4 is 17.8 Å². The van der Waals surface area contributed by atoms with Crippen LogP contribution in [0, 0.1) is 0 Å². The van der Waals surface area contributed by atoms with Crippen LogP contribution in [-0.4, -0.2) is 57.3 Å². The fourth-order valence-electron chi connectivity index (χ4n) is 1.94. The van der Waals surface area contributed by atoms with Gasteiger partial charge in [0.2, 0.25) is 11.8 Å². The van der Waals surface area contributed by atoms with Crippen molar-refractivity contribution in [1.82, 2.24) is 10.6 Å². The lowest BCUT2D eigenvalue weighted by Gasteiger charge is -2.22. The van der Waals surface area contributed by atoms with E-state index >= 15 is 0 Å². The fraction of sp³-hybridized carbons (Fsp3) is 0.438. The molecule has 0 aliphatic rings. The van der Waals surface area contributed by atoms with Gasteiger partial charge in [0.25, 0.3) is 0 Å². The number of hydrogen-bond donors (Lipinski definition) is 6. The quantitative estimate of drug-likeness (QED) is 0.339. The number of carboxylic acids is 1. The first-order valence-corrected chi connectivity index (χ1v) is 7.67. The first-order chi connectivity index (χ1) is 11.6. The Kier molecular flexibility index (Phi) is 7.34. The monoisotopic (exact) mass is 353 g/mol. The number of rotatable bonds is 8. The Bertz CT molecular complexity index is 617. The van der Waals surface area contributed by atoms with Crippen LogP contribution < -0.4 is 16.4 Å². The normalized spacial score (nSPS) is 15.5. The third-order valence-electron chi connectivity index (χ3n) is 3.56. The molecule has 0 heterocycles. The van der Waals surface area contributed by atoms with E-state index in [1.54, 1.807) is 12.1 Å². The minimum Gasteiger partial charge on any atom is -0.508 e. The third-order valence-corrected chi connectivity index (χ3v) is 3.56. The standard InChI is InChI=1S/C16H23N3O6/c1-8(16(24)25)18-14(22)12(19-15(23)13(17)9(2)20)7-10-3-5-11(21)6-4-10/h3-6,8-9,12-13,20-21H,7,17H2,1-2H3,(H,18,22)(H,19,23)(H,24,25)/t8-,9+,12-,13-/m0/s1. The Morgan fingerprint density at radius 2 is 1.64 bits per heavy atom. The van der Waals surface area contributed by atoms with Gasteiger partial charge in [-0.05, 0) is 31.5 Å². The Labute approximate surface area is 144 Å². The van der Waals surface area contributed by atoms with Gasteiger partial charge in [-0.15, -0.1) is 0 Å². The minimum atomic E-state index is -1.23. The number of benzene rings is 1. The van der Waals surface area contributed by atoms with Crippen LogP contribution in [0.2, 0.25) is 0 Å². The highest BCUT2D eigenvalue weighted by atomic mass is 16.4. The number of hydrogen-bond acceptors (Lipinski definition) is 6. The zero-order valence-electron chi connectivity index (χ0n) is 14.0. The molecular formula is C16H23N3O6. The lowest BCUT2D eigenvalue weighted by molar-refractivity contribution is -0.141. The lowest BCUT2D eigenvalue weighted by atomic mass is 10.0. The summed E-state index contributed by atoms with van der Waals surface area (Å²) >= 11 is 0. The zero-order chi connectivity index (χ0) is 19.1. The summed E-state index contributed by atoms with van der Waals surface area (Å²) in [5.41, 5.74) is 6.18. The van der Waals surface area contributed by atoms with E-state index in [2.05, 4.69) is 10.6 Å². The number of phenolic OH excluding ortho intramolecular Hbond substituents is 1. The molecule has 0 aliphatic heterocycles. The molecule has 1 rings (SSSR count). The van der Waals surface area contributed by atoms with Gasteiger partial charge in [0.05, 0.1) is 6.10 Å². The molecule has 138 valence electrons. The summed E-state index contributed by atoms with van der Waals surface area (Å²) < 4.78 is 0. The molecule has 1 aromatic rings. The molecule has 0 fully saturated rings. The summed E-state index contributed by atoms with van der Waals surface area (Å²) in [6.07, 6.45) is -1.06. The molecule has 7 N–H and O–H groups in total. The van der Waals surface area contributed by atoms with Crippen molar-refractivity contribution in [1.29, 1.82) is 0 Å². The van der Waals surface area contributed by atoms with E-state index < -0.39 is 42.0 Å². The van der Waals surface area contributed by atoms with Crippen LogP contribution in [0.3, 0.4) is 0 Å². The van der Waals surface area contributed by atoms with Crippen molar-refractivity contribution in [3.05, 3.63) is 29.8 Å². The molecule has 9 nitrogen and oxygen atoms in total. The number of carboxylic acid groups (broad SMARTS) is 1. The van der Waals surface area contributed by atoms with Gasteiger partial charge in [-0.1, -0.05) is 12.1 Å². The number of aliphatic carboxylic acids is 1. The molecule has 2 amide bonds. The number of phenols is 1. The summed E-state index contributed by atoms with van der Waals surface area (Å²) in [7, 11) is 0. The van der Waals surface area contributed by atoms with Gasteiger partial charge in [0.15, 0.2) is 0 Å². The fourth-order valence-corrected chi connectivity index (χ4v) is 1.94. The van der Waals surface area contributed by atoms with E-state index in [9.17, 15) is 24.6 Å². The number of nitrogens with two attached hydrogens (primary N) is 1. The van der Waals surface area contributed by atoms with Crippen LogP contribution in [0.25, 0.3) is 0 Å². The van der Waals surface area contributed by atoms with Gasteiger partial charge in [-0.2, -0.15) is 0 Å². The van der Waals surface area contributed by atoms with Crippen molar-refractivity contribution in [3.8, 4) is 5.75 Å². The molecule has 0 radical (unpaired) electrons. The molecule has 25 heavy (non-hydrogen) atoms. The lowest BCUT2D eigenvalue weighted by Crippen LogP contribution is -2.56. The number of carbonyl (C=O) groups is 3. The number of aliphatic hydroxyl groups excluding tert-OH is 1. The van der Waals surface area contributed by atoms with Crippen molar-refractivity contribution in [2.45, 2.75) is 44.5 Å². The average Bonchev–Trinajstić information content (AvgIpc) is 2.54. The van der Waals surface area contributed by atoms with Crippen LogP contribution in [-0.2, 0) is 20.8 Å². The van der Waals surface area contributed by atoms with E-state index in [-0.39, 0.29) is 12.2 Å². The number of aliphatic hydroxyl groups is 1. The molecule has 0 unspecified atom stereocenters. The number of amides is 2. The molecule has 4 atom stereocenters. The summed E-state index contributed by atoms with van der Waals surface area (Å²) in [5, 5.41) is 32.3. The van der Waals surface area contributed by atoms with Crippen molar-refractivity contribution in [3.63, 3.8) is 0 Å². The van der Waals surface area contributed by atoms with E-state index in [4.69, 9.17) is 10.8 Å². The molecule has 0 aliphatic carbocycles. The van der Waals surface area contributed by atoms with Crippen molar-refractivity contribution in [2.24, 2.45) is 5.73 Å². The summed E-state index contributed by atoms with van der Waals surface area (Å²) in [6.45, 7) is 2.63. The van der Waals surface area contributed by atoms with E-state index in [1.807, 2.05) is 0 Å². The van der Waals surface area contributed by atoms with Crippen LogP contribution in [0.4, 0.5) is 0 Å². The van der Waals surface area contributed by atoms with Gasteiger partial charge < -0.3 is 31.7 Å². The van der Waals surface area contributed by atoms with Crippen LogP contribution in [0.1, 0.15) is 19.4 Å². The first-order valence-electron chi connectivity index (χ1n) is 7.67. The molecule has 0 bridgehead atoms. The van der Waals surface area contributed by atoms with Gasteiger partial charge in [-0.25, -0.2) is 0 Å². The summed E-state index contributed by atoms with van der Waals surface area (Å²) in [4.78, 5) is 35.2. The maximum Gasteiger partial charge on any atom is 0.325 e. The topological polar surface area (TPSA) is 162 Å². The zero-order valence-corrected chi connectivity index (χ0v) is 14.0. The average molecular weight is 353 g/mol. The summed E-state index contributed by atoms with van der Waals surface area (Å²) in [5.74, 6) is -2.61. The largest absolute Gasteiger partial charge is 0.508 e. The predicted molar refractivity (Wildman–Crippen MR) is 88.6 cm³/mol. The highest BCUT2D eigenvalue weighted by Gasteiger charge is 2.27. The number of carbonyl (C=O) groups excluding carboxylic acids is 2. The van der Waals surface area contributed by atoms with Gasteiger partial charge >= 0.3 is 5.97 Å². The highest BCUT2D eigenvalue weighted by Crippen LogP contribution is 2.11. The maximum absolute atomic E-state index is 12.3. The second-order valence-corrected chi connectivity index (χ2v) is 5.77. The Hall–Kier alpha value is -2.65. The van der Waals surface area contributed by atoms with Crippen molar-refractivity contribution in [2.75, 3.05) is 0 Å². The first kappa shape index (κ1) is 20.4. The highest BCUT2D eigenvalue weighted by molar-refractivity contribution is 5.92. The number of nitrogens with one attached hydrogen (secondary N) is 2. The second-order valence-electron chi connectivity index (χ2n) is 5.77. The van der Waals surface area contributed by atoms with Crippen LogP contribution in [0.15, 0.2) is 24.3 Å². The Balaban J connectivity index is 2.92. The van der Waals surface area contributed by atoms with Gasteiger partial charge in [-0.3, -0.25) is 14.4 Å². The molecular weight excluding hydrogens is 330 g/mol. The molecule has 0 saturated heterocycles. The van der Waals surface area contributed by atoms with E-state index in [0.29, 0.717) is 5.56 Å². The molecule has 0 aromatic heterocycles. The third kappa shape index (κ3) is 6.40. The SMILES string of the molecule is C[C@H](NC(=O)[C@H](Cc1ccc(O)cc1)NC(=O)[C@@H](N)[C@@H](C)O)C(=O)O. The molecule has 0 saturated carbocycles. The minimum absolute atomic E-state index is 0.0458. The molecule has 1 aromatic carbocycles. The van der Waals surface area contributed by atoms with Gasteiger partial charge in [0.1, 0.15) is 23.9 Å². The molecule has 9 heteroatoms. The Morgan fingerprint density at radius 1 is 1.08 bits per heavy atom. The van der Waals surface area contributed by atoms with E-state index in [1.165, 1.54) is 26.0 Å². The maximum atomic E-state index is 12.3.